The Hall–Kier alpha value is -0.520. The molecular formula is C13H24. The molecule has 0 heteroatoms. The van der Waals surface area contributed by atoms with Gasteiger partial charge in [-0.1, -0.05) is 50.8 Å². The Morgan fingerprint density at radius 3 is 2.46 bits per heavy atom. The molecule has 0 saturated carbocycles. The van der Waals surface area contributed by atoms with Crippen LogP contribution < -0.4 is 0 Å². The van der Waals surface area contributed by atoms with Gasteiger partial charge in [0.1, 0.15) is 0 Å². The summed E-state index contributed by atoms with van der Waals surface area (Å²) in [4.78, 5) is 0. The summed E-state index contributed by atoms with van der Waals surface area (Å²) >= 11 is 0. The van der Waals surface area contributed by atoms with Crippen LogP contribution in [0.1, 0.15) is 58.8 Å². The fourth-order valence-corrected chi connectivity index (χ4v) is 1.49. The van der Waals surface area contributed by atoms with Crippen LogP contribution in [0.2, 0.25) is 0 Å². The van der Waals surface area contributed by atoms with Crippen molar-refractivity contribution < 1.29 is 0 Å². The first-order chi connectivity index (χ1) is 6.35. The van der Waals surface area contributed by atoms with Crippen LogP contribution in [0.15, 0.2) is 24.3 Å². The first-order valence-corrected chi connectivity index (χ1v) is 5.63. The minimum absolute atomic E-state index is 1.08. The van der Waals surface area contributed by atoms with Gasteiger partial charge in [-0.05, 0) is 25.7 Å². The number of hydrogen-bond acceptors (Lipinski definition) is 0. The van der Waals surface area contributed by atoms with Gasteiger partial charge >= 0.3 is 0 Å². The van der Waals surface area contributed by atoms with Crippen LogP contribution in [0.4, 0.5) is 0 Å². The molecule has 0 unspecified atom stereocenters. The van der Waals surface area contributed by atoms with Gasteiger partial charge in [-0.25, -0.2) is 0 Å². The molecule has 13 heavy (non-hydrogen) atoms. The molecule has 0 aliphatic rings. The topological polar surface area (TPSA) is 0 Å². The summed E-state index contributed by atoms with van der Waals surface area (Å²) in [6.45, 7) is 8.28. The second kappa shape index (κ2) is 9.57. The standard InChI is InChI=1S/C13H24/c1-4-7-8-9-12-13(10-5-2)11-6-3/h5,12H,2,4,6-11H2,1,3H3. The number of rotatable bonds is 8. The van der Waals surface area contributed by atoms with Crippen molar-refractivity contribution in [1.82, 2.24) is 0 Å². The third-order valence-corrected chi connectivity index (χ3v) is 2.22. The van der Waals surface area contributed by atoms with Gasteiger partial charge in [0.2, 0.25) is 0 Å². The van der Waals surface area contributed by atoms with Crippen molar-refractivity contribution in [3.63, 3.8) is 0 Å². The molecule has 0 spiro atoms. The average Bonchev–Trinajstić information content (AvgIpc) is 2.13. The van der Waals surface area contributed by atoms with Crippen molar-refractivity contribution in [3.05, 3.63) is 24.3 Å². The molecule has 0 atom stereocenters. The number of unbranched alkanes of at least 4 members (excludes halogenated alkanes) is 3. The van der Waals surface area contributed by atoms with E-state index >= 15 is 0 Å². The Morgan fingerprint density at radius 2 is 1.92 bits per heavy atom. The van der Waals surface area contributed by atoms with Crippen molar-refractivity contribution >= 4 is 0 Å². The minimum Gasteiger partial charge on any atom is -0.103 e. The molecule has 0 aromatic carbocycles. The third kappa shape index (κ3) is 7.83. The van der Waals surface area contributed by atoms with Gasteiger partial charge in [0.15, 0.2) is 0 Å². The van der Waals surface area contributed by atoms with Gasteiger partial charge < -0.3 is 0 Å². The lowest BCUT2D eigenvalue weighted by Crippen LogP contribution is -1.82. The van der Waals surface area contributed by atoms with Gasteiger partial charge in [-0.2, -0.15) is 0 Å². The van der Waals surface area contributed by atoms with E-state index in [1.165, 1.54) is 38.5 Å². The molecule has 0 aromatic heterocycles. The van der Waals surface area contributed by atoms with Crippen LogP contribution in [-0.4, -0.2) is 0 Å². The third-order valence-electron chi connectivity index (χ3n) is 2.22. The summed E-state index contributed by atoms with van der Waals surface area (Å²) in [6.07, 6.45) is 13.3. The molecular weight excluding hydrogens is 156 g/mol. The van der Waals surface area contributed by atoms with Crippen LogP contribution in [0, 0.1) is 0 Å². The lowest BCUT2D eigenvalue weighted by atomic mass is 10.0. The van der Waals surface area contributed by atoms with Crippen molar-refractivity contribution in [2.75, 3.05) is 0 Å². The molecule has 0 saturated heterocycles. The van der Waals surface area contributed by atoms with E-state index in [0.29, 0.717) is 0 Å². The van der Waals surface area contributed by atoms with E-state index in [2.05, 4.69) is 26.5 Å². The summed E-state index contributed by atoms with van der Waals surface area (Å²) in [5.74, 6) is 0. The first-order valence-electron chi connectivity index (χ1n) is 5.63. The van der Waals surface area contributed by atoms with Crippen molar-refractivity contribution in [2.24, 2.45) is 0 Å². The quantitative estimate of drug-likeness (QED) is 0.369. The molecule has 0 N–H and O–H groups in total. The summed E-state index contributed by atoms with van der Waals surface area (Å²) in [6, 6.07) is 0. The maximum atomic E-state index is 3.79. The highest BCUT2D eigenvalue weighted by Gasteiger charge is 1.92. The predicted molar refractivity (Wildman–Crippen MR) is 61.9 cm³/mol. The van der Waals surface area contributed by atoms with E-state index in [9.17, 15) is 0 Å². The van der Waals surface area contributed by atoms with E-state index in [-0.39, 0.29) is 0 Å². The molecule has 0 aliphatic carbocycles. The normalized spacial score (nSPS) is 11.7. The van der Waals surface area contributed by atoms with Gasteiger partial charge in [-0.15, -0.1) is 6.58 Å². The molecule has 0 fully saturated rings. The summed E-state index contributed by atoms with van der Waals surface area (Å²) in [7, 11) is 0. The van der Waals surface area contributed by atoms with Crippen molar-refractivity contribution in [3.8, 4) is 0 Å². The number of hydrogen-bond donors (Lipinski definition) is 0. The Bertz CT molecular complexity index is 142. The van der Waals surface area contributed by atoms with Gasteiger partial charge in [0, 0.05) is 0 Å². The molecule has 0 nitrogen and oxygen atoms in total. The molecule has 0 amide bonds. The van der Waals surface area contributed by atoms with E-state index in [1.807, 2.05) is 6.08 Å². The van der Waals surface area contributed by atoms with Crippen LogP contribution >= 0.6 is 0 Å². The van der Waals surface area contributed by atoms with Crippen molar-refractivity contribution in [2.45, 2.75) is 58.8 Å². The van der Waals surface area contributed by atoms with Crippen LogP contribution in [0.3, 0.4) is 0 Å². The van der Waals surface area contributed by atoms with E-state index in [0.717, 1.165) is 6.42 Å². The summed E-state index contributed by atoms with van der Waals surface area (Å²) in [5.41, 5.74) is 1.58. The second-order valence-corrected chi connectivity index (χ2v) is 3.60. The molecule has 0 bridgehead atoms. The van der Waals surface area contributed by atoms with Crippen LogP contribution in [0.5, 0.6) is 0 Å². The zero-order valence-corrected chi connectivity index (χ0v) is 9.31. The smallest absolute Gasteiger partial charge is 0.0142 e. The lowest BCUT2D eigenvalue weighted by Gasteiger charge is -2.02. The fourth-order valence-electron chi connectivity index (χ4n) is 1.49. The van der Waals surface area contributed by atoms with Gasteiger partial charge in [0.05, 0.1) is 0 Å². The molecule has 0 aromatic rings. The lowest BCUT2D eigenvalue weighted by molar-refractivity contribution is 0.722. The Labute approximate surface area is 83.7 Å². The van der Waals surface area contributed by atoms with Crippen molar-refractivity contribution in [1.29, 1.82) is 0 Å². The van der Waals surface area contributed by atoms with E-state index in [4.69, 9.17) is 0 Å². The highest BCUT2D eigenvalue weighted by molar-refractivity contribution is 5.05. The van der Waals surface area contributed by atoms with Crippen LogP contribution in [-0.2, 0) is 0 Å². The zero-order valence-electron chi connectivity index (χ0n) is 9.31. The highest BCUT2D eigenvalue weighted by atomic mass is 14.0. The molecule has 0 aliphatic heterocycles. The first kappa shape index (κ1) is 12.5. The number of allylic oxidation sites excluding steroid dienone is 3. The molecule has 76 valence electrons. The molecule has 0 radical (unpaired) electrons. The summed E-state index contributed by atoms with van der Waals surface area (Å²) in [5, 5.41) is 0. The van der Waals surface area contributed by atoms with E-state index in [1.54, 1.807) is 5.57 Å². The Balaban J connectivity index is 3.67. The SMILES string of the molecule is C=CCC(=CCCCCC)CCC. The fraction of sp³-hybridized carbons (Fsp3) is 0.692. The monoisotopic (exact) mass is 180 g/mol. The second-order valence-electron chi connectivity index (χ2n) is 3.60. The Morgan fingerprint density at radius 1 is 1.15 bits per heavy atom. The molecule has 0 rings (SSSR count). The Kier molecular flexibility index (Phi) is 9.18. The zero-order chi connectivity index (χ0) is 9.94. The summed E-state index contributed by atoms with van der Waals surface area (Å²) < 4.78 is 0. The molecule has 0 heterocycles. The average molecular weight is 180 g/mol. The largest absolute Gasteiger partial charge is 0.103 e. The highest BCUT2D eigenvalue weighted by Crippen LogP contribution is 2.12. The maximum absolute atomic E-state index is 3.79. The maximum Gasteiger partial charge on any atom is -0.0142 e. The van der Waals surface area contributed by atoms with Gasteiger partial charge in [0.25, 0.3) is 0 Å². The minimum atomic E-state index is 1.08. The van der Waals surface area contributed by atoms with Gasteiger partial charge in [-0.3, -0.25) is 0 Å². The van der Waals surface area contributed by atoms with E-state index < -0.39 is 0 Å². The van der Waals surface area contributed by atoms with Crippen LogP contribution in [0.25, 0.3) is 0 Å². The predicted octanol–water partition coefficient (Wildman–Crippen LogP) is 4.87.